The van der Waals surface area contributed by atoms with Crippen LogP contribution in [0.2, 0.25) is 0 Å². The molecule has 210 valence electrons. The second-order valence-electron chi connectivity index (χ2n) is 10.9. The Hall–Kier alpha value is -4.30. The fraction of sp³-hybridized carbons (Fsp3) is 0.333. The van der Waals surface area contributed by atoms with Crippen molar-refractivity contribution in [3.05, 3.63) is 117 Å². The van der Waals surface area contributed by atoms with Crippen molar-refractivity contribution in [2.45, 2.75) is 64.7 Å². The highest BCUT2D eigenvalue weighted by molar-refractivity contribution is 5.82. The molecule has 0 aliphatic heterocycles. The van der Waals surface area contributed by atoms with Gasteiger partial charge in [0, 0.05) is 18.7 Å². The minimum atomic E-state index is -0.467. The number of para-hydroxylation sites is 1. The standard InChI is InChI=1S/C33H36N6O2/c1-3-41-28-18-16-25(17-19-28)22-38(21-24-11-5-4-6-12-24)31(32-35-36-37-39(32)27-14-7-8-15-27)29-20-26-13-9-10-23(2)30(26)34-33(29)40/h4-6,9-13,16-20,27,31H,3,7-8,14-15,21-22H2,1-2H3,(H,34,40). The van der Waals surface area contributed by atoms with E-state index in [1.54, 1.807) is 0 Å². The Morgan fingerprint density at radius 3 is 2.44 bits per heavy atom. The lowest BCUT2D eigenvalue weighted by atomic mass is 10.00. The second kappa shape index (κ2) is 12.1. The van der Waals surface area contributed by atoms with Crippen molar-refractivity contribution >= 4 is 10.9 Å². The van der Waals surface area contributed by atoms with Crippen molar-refractivity contribution in [3.63, 3.8) is 0 Å². The first kappa shape index (κ1) is 26.9. The molecule has 1 fully saturated rings. The summed E-state index contributed by atoms with van der Waals surface area (Å²) in [6, 6.07) is 26.4. The summed E-state index contributed by atoms with van der Waals surface area (Å²) in [5.41, 5.74) is 4.67. The summed E-state index contributed by atoms with van der Waals surface area (Å²) in [6.07, 6.45) is 4.39. The predicted molar refractivity (Wildman–Crippen MR) is 160 cm³/mol. The molecular weight excluding hydrogens is 512 g/mol. The number of aromatic amines is 1. The molecule has 1 aliphatic carbocycles. The summed E-state index contributed by atoms with van der Waals surface area (Å²) in [6.45, 7) is 5.83. The molecule has 2 heterocycles. The zero-order valence-corrected chi connectivity index (χ0v) is 23.7. The number of hydrogen-bond acceptors (Lipinski definition) is 6. The van der Waals surface area contributed by atoms with E-state index >= 15 is 0 Å². The van der Waals surface area contributed by atoms with Gasteiger partial charge in [-0.05, 0) is 77.4 Å². The first-order valence-corrected chi connectivity index (χ1v) is 14.5. The molecular formula is C33H36N6O2. The zero-order chi connectivity index (χ0) is 28.2. The van der Waals surface area contributed by atoms with Gasteiger partial charge < -0.3 is 9.72 Å². The Morgan fingerprint density at radius 1 is 0.976 bits per heavy atom. The SMILES string of the molecule is CCOc1ccc(CN(Cc2ccccc2)C(c2cc3cccc(C)c3[nH]c2=O)c2nnnn2C2CCCC2)cc1. The molecule has 3 aromatic carbocycles. The normalized spacial score (nSPS) is 14.6. The van der Waals surface area contributed by atoms with Gasteiger partial charge in [-0.25, -0.2) is 4.68 Å². The molecule has 2 aromatic heterocycles. The zero-order valence-electron chi connectivity index (χ0n) is 23.7. The maximum atomic E-state index is 13.9. The molecule has 0 amide bonds. The minimum Gasteiger partial charge on any atom is -0.494 e. The Balaban J connectivity index is 1.51. The van der Waals surface area contributed by atoms with Crippen LogP contribution in [0.4, 0.5) is 0 Å². The van der Waals surface area contributed by atoms with Gasteiger partial charge in [0.05, 0.1) is 18.2 Å². The summed E-state index contributed by atoms with van der Waals surface area (Å²) < 4.78 is 7.67. The lowest BCUT2D eigenvalue weighted by Gasteiger charge is -2.32. The highest BCUT2D eigenvalue weighted by Crippen LogP contribution is 2.35. The van der Waals surface area contributed by atoms with Crippen LogP contribution in [-0.2, 0) is 13.1 Å². The number of tetrazole rings is 1. The van der Waals surface area contributed by atoms with E-state index in [9.17, 15) is 4.79 Å². The van der Waals surface area contributed by atoms with Crippen molar-refractivity contribution in [2.75, 3.05) is 6.61 Å². The fourth-order valence-electron chi connectivity index (χ4n) is 6.04. The van der Waals surface area contributed by atoms with Gasteiger partial charge in [-0.15, -0.1) is 5.10 Å². The number of ether oxygens (including phenoxy) is 1. The smallest absolute Gasteiger partial charge is 0.253 e. The Kier molecular flexibility index (Phi) is 7.91. The molecule has 8 nitrogen and oxygen atoms in total. The third-order valence-electron chi connectivity index (χ3n) is 8.06. The number of nitrogens with one attached hydrogen (secondary N) is 1. The summed E-state index contributed by atoms with van der Waals surface area (Å²) in [7, 11) is 0. The van der Waals surface area contributed by atoms with E-state index in [1.165, 1.54) is 0 Å². The van der Waals surface area contributed by atoms with Gasteiger partial charge in [0.25, 0.3) is 5.56 Å². The number of H-pyrrole nitrogens is 1. The van der Waals surface area contributed by atoms with Gasteiger partial charge in [0.1, 0.15) is 11.8 Å². The molecule has 1 N–H and O–H groups in total. The molecule has 0 saturated heterocycles. The molecule has 6 rings (SSSR count). The van der Waals surface area contributed by atoms with Gasteiger partial charge in [0.15, 0.2) is 5.82 Å². The topological polar surface area (TPSA) is 88.9 Å². The van der Waals surface area contributed by atoms with Crippen molar-refractivity contribution in [1.82, 2.24) is 30.1 Å². The summed E-state index contributed by atoms with van der Waals surface area (Å²) >= 11 is 0. The predicted octanol–water partition coefficient (Wildman–Crippen LogP) is 6.13. The van der Waals surface area contributed by atoms with Gasteiger partial charge in [-0.3, -0.25) is 9.69 Å². The molecule has 5 aromatic rings. The molecule has 0 radical (unpaired) electrons. The summed E-state index contributed by atoms with van der Waals surface area (Å²) in [5, 5.41) is 14.2. The van der Waals surface area contributed by atoms with E-state index < -0.39 is 6.04 Å². The Bertz CT molecular complexity index is 1660. The average Bonchev–Trinajstić information content (AvgIpc) is 3.69. The molecule has 1 atom stereocenters. The van der Waals surface area contributed by atoms with Crippen LogP contribution in [0.3, 0.4) is 0 Å². The molecule has 41 heavy (non-hydrogen) atoms. The number of hydrogen-bond donors (Lipinski definition) is 1. The lowest BCUT2D eigenvalue weighted by Crippen LogP contribution is -2.35. The van der Waals surface area contributed by atoms with Crippen LogP contribution in [0.1, 0.15) is 72.8 Å². The van der Waals surface area contributed by atoms with Crippen LogP contribution in [-0.4, -0.2) is 36.7 Å². The Labute approximate surface area is 240 Å². The number of rotatable bonds is 10. The van der Waals surface area contributed by atoms with E-state index in [2.05, 4.69) is 49.7 Å². The van der Waals surface area contributed by atoms with Crippen molar-refractivity contribution in [3.8, 4) is 5.75 Å². The van der Waals surface area contributed by atoms with Gasteiger partial charge in [-0.1, -0.05) is 73.5 Å². The number of aryl methyl sites for hydroxylation is 1. The summed E-state index contributed by atoms with van der Waals surface area (Å²) in [4.78, 5) is 19.4. The van der Waals surface area contributed by atoms with Gasteiger partial charge >= 0.3 is 0 Å². The quantitative estimate of drug-likeness (QED) is 0.226. The van der Waals surface area contributed by atoms with Crippen molar-refractivity contribution < 1.29 is 4.74 Å². The number of pyridine rings is 1. The van der Waals surface area contributed by atoms with E-state index in [-0.39, 0.29) is 11.6 Å². The van der Waals surface area contributed by atoms with Crippen LogP contribution < -0.4 is 10.3 Å². The maximum Gasteiger partial charge on any atom is 0.253 e. The van der Waals surface area contributed by atoms with Crippen LogP contribution in [0, 0.1) is 6.92 Å². The first-order chi connectivity index (χ1) is 20.1. The number of fused-ring (bicyclic) bond motifs is 1. The fourth-order valence-corrected chi connectivity index (χ4v) is 6.04. The third-order valence-corrected chi connectivity index (χ3v) is 8.06. The highest BCUT2D eigenvalue weighted by Gasteiger charge is 2.33. The molecule has 0 spiro atoms. The average molecular weight is 549 g/mol. The largest absolute Gasteiger partial charge is 0.494 e. The molecule has 1 aliphatic rings. The number of nitrogens with zero attached hydrogens (tertiary/aromatic N) is 5. The molecule has 0 bridgehead atoms. The van der Waals surface area contributed by atoms with Gasteiger partial charge in [-0.2, -0.15) is 0 Å². The van der Waals surface area contributed by atoms with Crippen LogP contribution in [0.25, 0.3) is 10.9 Å². The molecule has 1 unspecified atom stereocenters. The van der Waals surface area contributed by atoms with E-state index in [4.69, 9.17) is 4.74 Å². The van der Waals surface area contributed by atoms with Crippen LogP contribution in [0.15, 0.2) is 83.7 Å². The van der Waals surface area contributed by atoms with Crippen molar-refractivity contribution in [1.29, 1.82) is 0 Å². The first-order valence-electron chi connectivity index (χ1n) is 14.5. The lowest BCUT2D eigenvalue weighted by molar-refractivity contribution is 0.190. The molecule has 8 heteroatoms. The Morgan fingerprint density at radius 2 is 1.71 bits per heavy atom. The number of aromatic nitrogens is 5. The highest BCUT2D eigenvalue weighted by atomic mass is 16.5. The van der Waals surface area contributed by atoms with E-state index in [0.717, 1.165) is 59.0 Å². The van der Waals surface area contributed by atoms with Gasteiger partial charge in [0.2, 0.25) is 0 Å². The molecule has 1 saturated carbocycles. The van der Waals surface area contributed by atoms with E-state index in [1.807, 2.05) is 73.1 Å². The maximum absolute atomic E-state index is 13.9. The third kappa shape index (κ3) is 5.79. The second-order valence-corrected chi connectivity index (χ2v) is 10.9. The minimum absolute atomic E-state index is 0.123. The van der Waals surface area contributed by atoms with Crippen molar-refractivity contribution in [2.24, 2.45) is 0 Å². The van der Waals surface area contributed by atoms with E-state index in [0.29, 0.717) is 31.1 Å². The number of benzene rings is 3. The summed E-state index contributed by atoms with van der Waals surface area (Å²) in [5.74, 6) is 1.55. The van der Waals surface area contributed by atoms with Crippen LogP contribution in [0.5, 0.6) is 5.75 Å². The monoisotopic (exact) mass is 548 g/mol. The van der Waals surface area contributed by atoms with Crippen LogP contribution >= 0.6 is 0 Å².